The van der Waals surface area contributed by atoms with Crippen LogP contribution in [0.25, 0.3) is 0 Å². The van der Waals surface area contributed by atoms with Gasteiger partial charge in [0.15, 0.2) is 6.61 Å². The second-order valence-electron chi connectivity index (χ2n) is 6.08. The van der Waals surface area contributed by atoms with E-state index in [0.717, 1.165) is 5.56 Å². The average Bonchev–Trinajstić information content (AvgIpc) is 3.19. The summed E-state index contributed by atoms with van der Waals surface area (Å²) >= 11 is 0. The van der Waals surface area contributed by atoms with Crippen LogP contribution in [0.5, 0.6) is 5.75 Å². The van der Waals surface area contributed by atoms with Gasteiger partial charge in [-0.15, -0.1) is 0 Å². The SMILES string of the molecule is Cc1cccc(OCC(=O)Nc2ccc(S(=O)(=O)NCc3ccco3)cc2)c1. The number of carbonyl (C=O) groups excluding carboxylic acids is 1. The molecule has 2 N–H and O–H groups in total. The fourth-order valence-electron chi connectivity index (χ4n) is 2.43. The molecule has 0 aliphatic heterocycles. The van der Waals surface area contributed by atoms with Crippen molar-refractivity contribution in [3.05, 3.63) is 78.3 Å². The Balaban J connectivity index is 1.53. The smallest absolute Gasteiger partial charge is 0.262 e. The van der Waals surface area contributed by atoms with Gasteiger partial charge in [0.25, 0.3) is 5.91 Å². The minimum absolute atomic E-state index is 0.0596. The predicted molar refractivity (Wildman–Crippen MR) is 104 cm³/mol. The molecule has 0 aliphatic rings. The van der Waals surface area contributed by atoms with Gasteiger partial charge in [-0.1, -0.05) is 12.1 Å². The van der Waals surface area contributed by atoms with Gasteiger partial charge >= 0.3 is 0 Å². The molecule has 1 heterocycles. The van der Waals surface area contributed by atoms with Crippen LogP contribution in [-0.4, -0.2) is 20.9 Å². The van der Waals surface area contributed by atoms with Crippen LogP contribution in [0.3, 0.4) is 0 Å². The van der Waals surface area contributed by atoms with Crippen molar-refractivity contribution < 1.29 is 22.4 Å². The van der Waals surface area contributed by atoms with Crippen LogP contribution in [0.2, 0.25) is 0 Å². The van der Waals surface area contributed by atoms with E-state index in [9.17, 15) is 13.2 Å². The molecule has 1 aromatic heterocycles. The largest absolute Gasteiger partial charge is 0.484 e. The van der Waals surface area contributed by atoms with Gasteiger partial charge < -0.3 is 14.5 Å². The second kappa shape index (κ2) is 8.73. The summed E-state index contributed by atoms with van der Waals surface area (Å²) in [7, 11) is -3.68. The molecule has 3 aromatic rings. The van der Waals surface area contributed by atoms with E-state index in [0.29, 0.717) is 17.2 Å². The summed E-state index contributed by atoms with van der Waals surface area (Å²) in [6, 6.07) is 16.6. The first-order valence-electron chi connectivity index (χ1n) is 8.54. The molecule has 2 aromatic carbocycles. The number of ether oxygens (including phenoxy) is 1. The number of benzene rings is 2. The van der Waals surface area contributed by atoms with Gasteiger partial charge in [-0.2, -0.15) is 0 Å². The van der Waals surface area contributed by atoms with E-state index in [1.807, 2.05) is 25.1 Å². The van der Waals surface area contributed by atoms with Crippen LogP contribution >= 0.6 is 0 Å². The highest BCUT2D eigenvalue weighted by molar-refractivity contribution is 7.89. The predicted octanol–water partition coefficient (Wildman–Crippen LogP) is 3.08. The zero-order chi connectivity index (χ0) is 20.0. The molecule has 8 heteroatoms. The van der Waals surface area contributed by atoms with Gasteiger partial charge in [0.1, 0.15) is 11.5 Å². The van der Waals surface area contributed by atoms with E-state index < -0.39 is 10.0 Å². The molecule has 0 saturated carbocycles. The third kappa shape index (κ3) is 5.45. The first-order valence-corrected chi connectivity index (χ1v) is 10.0. The van der Waals surface area contributed by atoms with Crippen LogP contribution in [0.4, 0.5) is 5.69 Å². The van der Waals surface area contributed by atoms with Gasteiger partial charge in [0.2, 0.25) is 10.0 Å². The van der Waals surface area contributed by atoms with E-state index in [4.69, 9.17) is 9.15 Å². The van der Waals surface area contributed by atoms with Crippen molar-refractivity contribution in [2.75, 3.05) is 11.9 Å². The molecule has 3 rings (SSSR count). The molecule has 146 valence electrons. The Bertz CT molecular complexity index is 1030. The number of hydrogen-bond donors (Lipinski definition) is 2. The van der Waals surface area contributed by atoms with Crippen LogP contribution in [0.15, 0.2) is 76.2 Å². The Hall–Kier alpha value is -3.10. The highest BCUT2D eigenvalue weighted by atomic mass is 32.2. The van der Waals surface area contributed by atoms with E-state index in [-0.39, 0.29) is 24.0 Å². The van der Waals surface area contributed by atoms with Gasteiger partial charge in [0, 0.05) is 5.69 Å². The normalized spacial score (nSPS) is 11.2. The lowest BCUT2D eigenvalue weighted by Gasteiger charge is -2.09. The molecule has 0 saturated heterocycles. The maximum atomic E-state index is 12.3. The Morgan fingerprint density at radius 2 is 1.86 bits per heavy atom. The van der Waals surface area contributed by atoms with Crippen molar-refractivity contribution in [1.82, 2.24) is 4.72 Å². The quantitative estimate of drug-likeness (QED) is 0.606. The molecule has 0 bridgehead atoms. The summed E-state index contributed by atoms with van der Waals surface area (Å²) in [5, 5.41) is 2.67. The molecule has 0 fully saturated rings. The maximum Gasteiger partial charge on any atom is 0.262 e. The molecule has 0 atom stereocenters. The number of rotatable bonds is 8. The van der Waals surface area contributed by atoms with Crippen molar-refractivity contribution in [3.63, 3.8) is 0 Å². The molecule has 28 heavy (non-hydrogen) atoms. The van der Waals surface area contributed by atoms with Crippen molar-refractivity contribution in [2.45, 2.75) is 18.4 Å². The molecular formula is C20H20N2O5S. The molecule has 1 amide bonds. The van der Waals surface area contributed by atoms with Crippen molar-refractivity contribution in [2.24, 2.45) is 0 Å². The number of hydrogen-bond acceptors (Lipinski definition) is 5. The number of furan rings is 1. The first-order chi connectivity index (χ1) is 13.4. The summed E-state index contributed by atoms with van der Waals surface area (Å²) in [6.45, 7) is 1.85. The van der Waals surface area contributed by atoms with Crippen molar-refractivity contribution >= 4 is 21.6 Å². The minimum atomic E-state index is -3.68. The lowest BCUT2D eigenvalue weighted by Crippen LogP contribution is -2.23. The third-order valence-corrected chi connectivity index (χ3v) is 5.24. The zero-order valence-corrected chi connectivity index (χ0v) is 16.0. The third-order valence-electron chi connectivity index (χ3n) is 3.82. The maximum absolute atomic E-state index is 12.3. The van der Waals surface area contributed by atoms with Crippen LogP contribution in [0.1, 0.15) is 11.3 Å². The number of anilines is 1. The summed E-state index contributed by atoms with van der Waals surface area (Å²) in [6.07, 6.45) is 1.48. The zero-order valence-electron chi connectivity index (χ0n) is 15.2. The van der Waals surface area contributed by atoms with Crippen molar-refractivity contribution in [1.29, 1.82) is 0 Å². The topological polar surface area (TPSA) is 97.6 Å². The van der Waals surface area contributed by atoms with Crippen LogP contribution in [-0.2, 0) is 21.4 Å². The molecule has 0 unspecified atom stereocenters. The van der Waals surface area contributed by atoms with E-state index in [1.165, 1.54) is 30.5 Å². The fourth-order valence-corrected chi connectivity index (χ4v) is 3.42. The number of carbonyl (C=O) groups is 1. The molecule has 7 nitrogen and oxygen atoms in total. The van der Waals surface area contributed by atoms with E-state index >= 15 is 0 Å². The number of aryl methyl sites for hydroxylation is 1. The van der Waals surface area contributed by atoms with E-state index in [1.54, 1.807) is 18.2 Å². The van der Waals surface area contributed by atoms with Gasteiger partial charge in [-0.25, -0.2) is 13.1 Å². The summed E-state index contributed by atoms with van der Waals surface area (Å²) < 4.78 is 37.6. The molecular weight excluding hydrogens is 380 g/mol. The monoisotopic (exact) mass is 400 g/mol. The van der Waals surface area contributed by atoms with Crippen LogP contribution in [0, 0.1) is 6.92 Å². The lowest BCUT2D eigenvalue weighted by atomic mass is 10.2. The highest BCUT2D eigenvalue weighted by Gasteiger charge is 2.14. The van der Waals surface area contributed by atoms with Gasteiger partial charge in [0.05, 0.1) is 17.7 Å². The second-order valence-corrected chi connectivity index (χ2v) is 7.85. The van der Waals surface area contributed by atoms with Crippen molar-refractivity contribution in [3.8, 4) is 5.75 Å². The Morgan fingerprint density at radius 1 is 1.07 bits per heavy atom. The Kier molecular flexibility index (Phi) is 6.13. The summed E-state index contributed by atoms with van der Waals surface area (Å²) in [5.74, 6) is 0.786. The lowest BCUT2D eigenvalue weighted by molar-refractivity contribution is -0.118. The minimum Gasteiger partial charge on any atom is -0.484 e. The first kappa shape index (κ1) is 19.7. The number of sulfonamides is 1. The van der Waals surface area contributed by atoms with Gasteiger partial charge in [-0.3, -0.25) is 4.79 Å². The van der Waals surface area contributed by atoms with Gasteiger partial charge in [-0.05, 0) is 61.0 Å². The molecule has 0 spiro atoms. The molecule has 0 aliphatic carbocycles. The van der Waals surface area contributed by atoms with Crippen LogP contribution < -0.4 is 14.8 Å². The van der Waals surface area contributed by atoms with E-state index in [2.05, 4.69) is 10.0 Å². The number of amides is 1. The number of nitrogens with one attached hydrogen (secondary N) is 2. The summed E-state index contributed by atoms with van der Waals surface area (Å²) in [4.78, 5) is 12.1. The Morgan fingerprint density at radius 3 is 2.54 bits per heavy atom. The standard InChI is InChI=1S/C20H20N2O5S/c1-15-4-2-5-17(12-15)27-14-20(23)22-16-7-9-19(10-8-16)28(24,25)21-13-18-6-3-11-26-18/h2-12,21H,13-14H2,1H3,(H,22,23). The highest BCUT2D eigenvalue weighted by Crippen LogP contribution is 2.15. The Labute approximate surface area is 163 Å². The average molecular weight is 400 g/mol. The fraction of sp³-hybridized carbons (Fsp3) is 0.150. The molecule has 0 radical (unpaired) electrons. The summed E-state index contributed by atoms with van der Waals surface area (Å²) in [5.41, 5.74) is 1.51.